The largest absolute Gasteiger partial charge is 0.492 e. The fraction of sp³-hybridized carbons (Fsp3) is 0.500. The quantitative estimate of drug-likeness (QED) is 0.869. The Bertz CT molecular complexity index is 582. The first-order chi connectivity index (χ1) is 9.96. The number of sulfone groups is 1. The zero-order valence-corrected chi connectivity index (χ0v) is 12.5. The van der Waals surface area contributed by atoms with Gasteiger partial charge in [0.05, 0.1) is 17.1 Å². The molecule has 7 heteroatoms. The summed E-state index contributed by atoms with van der Waals surface area (Å²) in [7, 11) is -2.88. The van der Waals surface area contributed by atoms with E-state index in [9.17, 15) is 13.2 Å². The highest BCUT2D eigenvalue weighted by molar-refractivity contribution is 7.91. The van der Waals surface area contributed by atoms with E-state index in [4.69, 9.17) is 9.84 Å². The fourth-order valence-electron chi connectivity index (χ4n) is 2.20. The maximum atomic E-state index is 11.5. The normalized spacial score (nSPS) is 18.9. The summed E-state index contributed by atoms with van der Waals surface area (Å²) in [5, 5.41) is 8.79. The fourth-order valence-corrected chi connectivity index (χ4v) is 3.51. The van der Waals surface area contributed by atoms with Gasteiger partial charge in [0.15, 0.2) is 9.84 Å². The molecule has 0 aliphatic carbocycles. The van der Waals surface area contributed by atoms with Crippen molar-refractivity contribution in [3.05, 3.63) is 29.8 Å². The lowest BCUT2D eigenvalue weighted by Crippen LogP contribution is -2.31. The smallest absolute Gasteiger partial charge is 0.335 e. The van der Waals surface area contributed by atoms with Crippen molar-refractivity contribution >= 4 is 15.8 Å². The second kappa shape index (κ2) is 6.91. The van der Waals surface area contributed by atoms with Gasteiger partial charge in [0.1, 0.15) is 12.4 Å². The van der Waals surface area contributed by atoms with Gasteiger partial charge in [-0.1, -0.05) is 0 Å². The number of carboxylic acid groups (broad SMARTS) is 1. The number of carbonyl (C=O) groups is 1. The first-order valence-electron chi connectivity index (χ1n) is 6.85. The van der Waals surface area contributed by atoms with E-state index in [0.29, 0.717) is 31.9 Å². The lowest BCUT2D eigenvalue weighted by Gasteiger charge is -2.19. The van der Waals surface area contributed by atoms with Gasteiger partial charge in [0.25, 0.3) is 0 Å². The molecule has 2 rings (SSSR count). The average Bonchev–Trinajstić information content (AvgIpc) is 2.61. The molecule has 0 aromatic heterocycles. The summed E-state index contributed by atoms with van der Waals surface area (Å²) in [5.74, 6) is 0.121. The van der Waals surface area contributed by atoms with Crippen LogP contribution in [-0.4, -0.2) is 62.1 Å². The number of hydrogen-bond donors (Lipinski definition) is 1. The maximum Gasteiger partial charge on any atom is 0.335 e. The van der Waals surface area contributed by atoms with Crippen molar-refractivity contribution < 1.29 is 23.1 Å². The molecule has 1 aromatic rings. The third-order valence-electron chi connectivity index (χ3n) is 3.43. The molecule has 1 aliphatic heterocycles. The van der Waals surface area contributed by atoms with Crippen LogP contribution in [0.4, 0.5) is 0 Å². The molecule has 0 atom stereocenters. The molecule has 1 heterocycles. The van der Waals surface area contributed by atoms with Gasteiger partial charge < -0.3 is 9.84 Å². The predicted octanol–water partition coefficient (Wildman–Crippen LogP) is 0.884. The molecule has 0 bridgehead atoms. The summed E-state index contributed by atoms with van der Waals surface area (Å²) in [6.45, 7) is 2.42. The van der Waals surface area contributed by atoms with E-state index < -0.39 is 15.8 Å². The summed E-state index contributed by atoms with van der Waals surface area (Å²) in [6.07, 6.45) is 0.662. The van der Waals surface area contributed by atoms with Gasteiger partial charge in [-0.15, -0.1) is 0 Å². The van der Waals surface area contributed by atoms with E-state index >= 15 is 0 Å². The molecule has 0 saturated carbocycles. The monoisotopic (exact) mass is 313 g/mol. The van der Waals surface area contributed by atoms with Gasteiger partial charge in [-0.2, -0.15) is 0 Å². The van der Waals surface area contributed by atoms with Crippen LogP contribution in [0.25, 0.3) is 0 Å². The maximum absolute atomic E-state index is 11.5. The first kappa shape index (κ1) is 15.8. The Morgan fingerprint density at radius 2 is 1.90 bits per heavy atom. The van der Waals surface area contributed by atoms with Crippen molar-refractivity contribution in [3.63, 3.8) is 0 Å². The summed E-state index contributed by atoms with van der Waals surface area (Å²) in [4.78, 5) is 12.8. The lowest BCUT2D eigenvalue weighted by molar-refractivity contribution is 0.0697. The van der Waals surface area contributed by atoms with Gasteiger partial charge in [0, 0.05) is 13.1 Å². The molecule has 1 N–H and O–H groups in total. The molecule has 1 fully saturated rings. The lowest BCUT2D eigenvalue weighted by atomic mass is 10.2. The Morgan fingerprint density at radius 1 is 1.19 bits per heavy atom. The number of benzene rings is 1. The van der Waals surface area contributed by atoms with E-state index in [1.54, 1.807) is 12.1 Å². The molecule has 0 amide bonds. The number of nitrogens with zero attached hydrogens (tertiary/aromatic N) is 1. The number of carboxylic acids is 1. The van der Waals surface area contributed by atoms with Gasteiger partial charge in [-0.05, 0) is 37.2 Å². The van der Waals surface area contributed by atoms with Crippen LogP contribution in [0.3, 0.4) is 0 Å². The van der Waals surface area contributed by atoms with E-state index in [1.807, 2.05) is 0 Å². The Labute approximate surface area is 124 Å². The Hall–Kier alpha value is -1.60. The van der Waals surface area contributed by atoms with Crippen molar-refractivity contribution in [3.8, 4) is 5.75 Å². The van der Waals surface area contributed by atoms with E-state index in [-0.39, 0.29) is 17.1 Å². The minimum atomic E-state index is -2.88. The second-order valence-electron chi connectivity index (χ2n) is 5.03. The zero-order valence-electron chi connectivity index (χ0n) is 11.7. The SMILES string of the molecule is O=C(O)c1ccc(OCCN2CCCS(=O)(=O)CC2)cc1. The number of hydrogen-bond acceptors (Lipinski definition) is 5. The third-order valence-corrected chi connectivity index (χ3v) is 5.14. The standard InChI is InChI=1S/C14H19NO5S/c16-14(17)12-2-4-13(5-3-12)20-9-7-15-6-1-10-21(18,19)11-8-15/h2-5H,1,6-11H2,(H,16,17). The minimum absolute atomic E-state index is 0.209. The topological polar surface area (TPSA) is 83.9 Å². The van der Waals surface area contributed by atoms with Crippen LogP contribution < -0.4 is 4.74 Å². The van der Waals surface area contributed by atoms with Crippen LogP contribution in [0, 0.1) is 0 Å². The van der Waals surface area contributed by atoms with Crippen molar-refractivity contribution in [2.24, 2.45) is 0 Å². The van der Waals surface area contributed by atoms with Gasteiger partial charge in [-0.3, -0.25) is 4.90 Å². The summed E-state index contributed by atoms with van der Waals surface area (Å²) < 4.78 is 28.5. The predicted molar refractivity (Wildman–Crippen MR) is 78.6 cm³/mol. The van der Waals surface area contributed by atoms with Crippen LogP contribution >= 0.6 is 0 Å². The molecular weight excluding hydrogens is 294 g/mol. The minimum Gasteiger partial charge on any atom is -0.492 e. The molecule has 0 unspecified atom stereocenters. The van der Waals surface area contributed by atoms with E-state index in [2.05, 4.69) is 4.90 Å². The Balaban J connectivity index is 1.77. The van der Waals surface area contributed by atoms with Crippen molar-refractivity contribution in [2.45, 2.75) is 6.42 Å². The summed E-state index contributed by atoms with van der Waals surface area (Å²) in [5.41, 5.74) is 0.222. The molecule has 21 heavy (non-hydrogen) atoms. The van der Waals surface area contributed by atoms with Crippen molar-refractivity contribution in [1.29, 1.82) is 0 Å². The molecule has 1 saturated heterocycles. The van der Waals surface area contributed by atoms with Gasteiger partial charge in [-0.25, -0.2) is 13.2 Å². The molecule has 1 aromatic carbocycles. The Morgan fingerprint density at radius 3 is 2.57 bits per heavy atom. The Kier molecular flexibility index (Phi) is 5.19. The summed E-state index contributed by atoms with van der Waals surface area (Å²) in [6, 6.07) is 6.24. The third kappa shape index (κ3) is 5.02. The molecule has 0 spiro atoms. The highest BCUT2D eigenvalue weighted by Gasteiger charge is 2.18. The van der Waals surface area contributed by atoms with Gasteiger partial charge in [0.2, 0.25) is 0 Å². The number of aromatic carboxylic acids is 1. The number of rotatable bonds is 5. The second-order valence-corrected chi connectivity index (χ2v) is 7.33. The van der Waals surface area contributed by atoms with Crippen molar-refractivity contribution in [2.75, 3.05) is 37.7 Å². The average molecular weight is 313 g/mol. The number of ether oxygens (including phenoxy) is 1. The first-order valence-corrected chi connectivity index (χ1v) is 8.67. The molecule has 116 valence electrons. The zero-order chi connectivity index (χ0) is 15.3. The van der Waals surface area contributed by atoms with Gasteiger partial charge >= 0.3 is 5.97 Å². The van der Waals surface area contributed by atoms with Crippen LogP contribution in [0.2, 0.25) is 0 Å². The molecule has 6 nitrogen and oxygen atoms in total. The van der Waals surface area contributed by atoms with Crippen LogP contribution in [-0.2, 0) is 9.84 Å². The summed E-state index contributed by atoms with van der Waals surface area (Å²) >= 11 is 0. The molecule has 0 radical (unpaired) electrons. The molecular formula is C14H19NO5S. The molecule has 1 aliphatic rings. The van der Waals surface area contributed by atoms with E-state index in [1.165, 1.54) is 12.1 Å². The highest BCUT2D eigenvalue weighted by atomic mass is 32.2. The van der Waals surface area contributed by atoms with E-state index in [0.717, 1.165) is 6.54 Å². The highest BCUT2D eigenvalue weighted by Crippen LogP contribution is 2.12. The van der Waals surface area contributed by atoms with Crippen LogP contribution in [0.1, 0.15) is 16.8 Å². The van der Waals surface area contributed by atoms with Crippen LogP contribution in [0.5, 0.6) is 5.75 Å². The van der Waals surface area contributed by atoms with Crippen molar-refractivity contribution in [1.82, 2.24) is 4.90 Å². The van der Waals surface area contributed by atoms with Crippen LogP contribution in [0.15, 0.2) is 24.3 Å².